The van der Waals surface area contributed by atoms with Crippen LogP contribution < -0.4 is 4.74 Å². The van der Waals surface area contributed by atoms with Gasteiger partial charge in [-0.05, 0) is 57.5 Å². The van der Waals surface area contributed by atoms with Crippen molar-refractivity contribution in [2.45, 2.75) is 50.2 Å². The summed E-state index contributed by atoms with van der Waals surface area (Å²) >= 11 is 0. The molecular formula is C24H32FNO2. The van der Waals surface area contributed by atoms with Gasteiger partial charge in [0.05, 0.1) is 12.7 Å². The van der Waals surface area contributed by atoms with Crippen molar-refractivity contribution < 1.29 is 14.2 Å². The Hall–Kier alpha value is -1.91. The highest BCUT2D eigenvalue weighted by Gasteiger charge is 2.44. The van der Waals surface area contributed by atoms with Gasteiger partial charge in [-0.3, -0.25) is 0 Å². The number of nitrogens with zero attached hydrogens (tertiary/aromatic N) is 1. The van der Waals surface area contributed by atoms with Gasteiger partial charge in [0.25, 0.3) is 0 Å². The third kappa shape index (κ3) is 4.39. The minimum absolute atomic E-state index is 0.0436. The Morgan fingerprint density at radius 3 is 2.57 bits per heavy atom. The molecule has 3 unspecified atom stereocenters. The van der Waals surface area contributed by atoms with Crippen LogP contribution in [0, 0.1) is 11.7 Å². The van der Waals surface area contributed by atoms with Crippen LogP contribution >= 0.6 is 0 Å². The molecule has 3 rings (SSSR count). The lowest BCUT2D eigenvalue weighted by molar-refractivity contribution is -0.0832. The second kappa shape index (κ2) is 9.06. The van der Waals surface area contributed by atoms with E-state index in [1.807, 2.05) is 30.3 Å². The molecule has 0 aliphatic heterocycles. The van der Waals surface area contributed by atoms with Gasteiger partial charge < -0.3 is 14.7 Å². The first-order valence-corrected chi connectivity index (χ1v) is 10.2. The smallest absolute Gasteiger partial charge is 0.126 e. The Morgan fingerprint density at radius 1 is 1.14 bits per heavy atom. The average molecular weight is 386 g/mol. The summed E-state index contributed by atoms with van der Waals surface area (Å²) in [6, 6.07) is 15.0. The molecule has 1 fully saturated rings. The quantitative estimate of drug-likeness (QED) is 0.729. The van der Waals surface area contributed by atoms with Crippen molar-refractivity contribution >= 4 is 0 Å². The van der Waals surface area contributed by atoms with Gasteiger partial charge in [-0.2, -0.15) is 0 Å². The van der Waals surface area contributed by atoms with Crippen molar-refractivity contribution in [2.24, 2.45) is 5.92 Å². The van der Waals surface area contributed by atoms with Crippen LogP contribution in [0.4, 0.5) is 4.39 Å². The minimum Gasteiger partial charge on any atom is -0.496 e. The molecule has 2 aromatic rings. The zero-order chi connectivity index (χ0) is 20.1. The number of aliphatic hydroxyl groups is 1. The van der Waals surface area contributed by atoms with E-state index in [0.717, 1.165) is 37.0 Å². The second-order valence-corrected chi connectivity index (χ2v) is 8.20. The molecule has 0 saturated heterocycles. The Labute approximate surface area is 168 Å². The molecule has 1 N–H and O–H groups in total. The molecule has 2 aromatic carbocycles. The van der Waals surface area contributed by atoms with Gasteiger partial charge in [0.15, 0.2) is 0 Å². The molecule has 0 heterocycles. The van der Waals surface area contributed by atoms with Crippen molar-refractivity contribution in [1.29, 1.82) is 0 Å². The van der Waals surface area contributed by atoms with Crippen LogP contribution in [0.2, 0.25) is 0 Å². The summed E-state index contributed by atoms with van der Waals surface area (Å²) in [5, 5.41) is 11.7. The first kappa shape index (κ1) is 20.8. The SMILES string of the molecule is COc1ccccc1C(C1CCCCC1(O)CCc1ccccc1F)N(C)C. The van der Waals surface area contributed by atoms with Crippen molar-refractivity contribution in [3.8, 4) is 5.75 Å². The number of para-hydroxylation sites is 1. The molecule has 4 heteroatoms. The van der Waals surface area contributed by atoms with E-state index in [4.69, 9.17) is 4.74 Å². The van der Waals surface area contributed by atoms with Crippen LogP contribution in [-0.4, -0.2) is 36.8 Å². The first-order valence-electron chi connectivity index (χ1n) is 10.2. The maximum Gasteiger partial charge on any atom is 0.126 e. The van der Waals surface area contributed by atoms with Gasteiger partial charge in [-0.15, -0.1) is 0 Å². The maximum atomic E-state index is 14.1. The van der Waals surface area contributed by atoms with Crippen LogP contribution in [0.15, 0.2) is 48.5 Å². The lowest BCUT2D eigenvalue weighted by Gasteiger charge is -2.46. The van der Waals surface area contributed by atoms with Crippen molar-refractivity contribution in [3.63, 3.8) is 0 Å². The van der Waals surface area contributed by atoms with Gasteiger partial charge in [-0.25, -0.2) is 4.39 Å². The number of ether oxygens (including phenoxy) is 1. The van der Waals surface area contributed by atoms with Crippen molar-refractivity contribution in [2.75, 3.05) is 21.2 Å². The van der Waals surface area contributed by atoms with E-state index in [9.17, 15) is 9.50 Å². The number of hydrogen-bond donors (Lipinski definition) is 1. The first-order chi connectivity index (χ1) is 13.5. The molecule has 3 nitrogen and oxygen atoms in total. The average Bonchev–Trinajstić information content (AvgIpc) is 2.69. The fourth-order valence-electron chi connectivity index (χ4n) is 4.83. The molecule has 3 atom stereocenters. The van der Waals surface area contributed by atoms with Crippen molar-refractivity contribution in [3.05, 3.63) is 65.5 Å². The van der Waals surface area contributed by atoms with E-state index in [-0.39, 0.29) is 17.8 Å². The van der Waals surface area contributed by atoms with Gasteiger partial charge in [0, 0.05) is 17.5 Å². The van der Waals surface area contributed by atoms with E-state index in [0.29, 0.717) is 18.4 Å². The van der Waals surface area contributed by atoms with Crippen LogP contribution in [0.3, 0.4) is 0 Å². The number of hydrogen-bond acceptors (Lipinski definition) is 3. The normalized spacial score (nSPS) is 23.6. The van der Waals surface area contributed by atoms with Gasteiger partial charge in [0.2, 0.25) is 0 Å². The highest BCUT2D eigenvalue weighted by molar-refractivity contribution is 5.37. The summed E-state index contributed by atoms with van der Waals surface area (Å²) in [5.41, 5.74) is 0.959. The Bertz CT molecular complexity index is 779. The number of methoxy groups -OCH3 is 1. The number of halogens is 1. The highest BCUT2D eigenvalue weighted by Crippen LogP contribution is 2.47. The van der Waals surface area contributed by atoms with Crippen molar-refractivity contribution in [1.82, 2.24) is 4.90 Å². The monoisotopic (exact) mass is 385 g/mol. The van der Waals surface area contributed by atoms with E-state index >= 15 is 0 Å². The van der Waals surface area contributed by atoms with Crippen LogP contribution in [0.1, 0.15) is 49.3 Å². The van der Waals surface area contributed by atoms with E-state index in [2.05, 4.69) is 25.1 Å². The number of benzene rings is 2. The molecule has 0 aromatic heterocycles. The lowest BCUT2D eigenvalue weighted by Crippen LogP contribution is -2.47. The molecule has 28 heavy (non-hydrogen) atoms. The topological polar surface area (TPSA) is 32.7 Å². The second-order valence-electron chi connectivity index (χ2n) is 8.20. The van der Waals surface area contributed by atoms with E-state index < -0.39 is 5.60 Å². The van der Waals surface area contributed by atoms with E-state index in [1.165, 1.54) is 6.07 Å². The predicted octanol–water partition coefficient (Wildman–Crippen LogP) is 4.99. The zero-order valence-electron chi connectivity index (χ0n) is 17.2. The maximum absolute atomic E-state index is 14.1. The fraction of sp³-hybridized carbons (Fsp3) is 0.500. The van der Waals surface area contributed by atoms with E-state index in [1.54, 1.807) is 13.2 Å². The molecule has 152 valence electrons. The summed E-state index contributed by atoms with van der Waals surface area (Å²) in [6.07, 6.45) is 4.94. The van der Waals surface area contributed by atoms with Gasteiger partial charge >= 0.3 is 0 Å². The molecule has 1 aliphatic rings. The third-order valence-corrected chi connectivity index (χ3v) is 6.25. The van der Waals surface area contributed by atoms with Crippen LogP contribution in [-0.2, 0) is 6.42 Å². The predicted molar refractivity (Wildman–Crippen MR) is 111 cm³/mol. The lowest BCUT2D eigenvalue weighted by atomic mass is 9.67. The summed E-state index contributed by atoms with van der Waals surface area (Å²) in [7, 11) is 5.81. The number of rotatable bonds is 7. The summed E-state index contributed by atoms with van der Waals surface area (Å²) < 4.78 is 19.7. The highest BCUT2D eigenvalue weighted by atomic mass is 19.1. The molecule has 0 spiro atoms. The molecule has 1 saturated carbocycles. The Morgan fingerprint density at radius 2 is 1.86 bits per heavy atom. The molecule has 0 radical (unpaired) electrons. The zero-order valence-corrected chi connectivity index (χ0v) is 17.2. The Balaban J connectivity index is 1.90. The van der Waals surface area contributed by atoms with Crippen LogP contribution in [0.25, 0.3) is 0 Å². The minimum atomic E-state index is -0.823. The largest absolute Gasteiger partial charge is 0.496 e. The standard InChI is InChI=1S/C24H32FNO2/c1-26(2)23(19-11-5-7-14-22(19)28-3)20-12-8-9-16-24(20,27)17-15-18-10-4-6-13-21(18)25/h4-7,10-11,13-14,20,23,27H,8-9,12,15-17H2,1-3H3. The summed E-state index contributed by atoms with van der Waals surface area (Å²) in [6.45, 7) is 0. The van der Waals surface area contributed by atoms with Gasteiger partial charge in [-0.1, -0.05) is 49.2 Å². The van der Waals surface area contributed by atoms with Crippen LogP contribution in [0.5, 0.6) is 5.75 Å². The number of aryl methyl sites for hydroxylation is 1. The fourth-order valence-corrected chi connectivity index (χ4v) is 4.83. The Kier molecular flexibility index (Phi) is 6.73. The molecule has 0 amide bonds. The summed E-state index contributed by atoms with van der Waals surface area (Å²) in [4.78, 5) is 2.18. The van der Waals surface area contributed by atoms with Gasteiger partial charge in [0.1, 0.15) is 11.6 Å². The molecule has 0 bridgehead atoms. The summed E-state index contributed by atoms with van der Waals surface area (Å²) in [5.74, 6) is 0.731. The third-order valence-electron chi connectivity index (χ3n) is 6.25. The molecule has 1 aliphatic carbocycles. The molecular weight excluding hydrogens is 353 g/mol.